The van der Waals surface area contributed by atoms with E-state index in [9.17, 15) is 18.0 Å². The van der Waals surface area contributed by atoms with Crippen LogP contribution in [0.15, 0.2) is 51.8 Å². The summed E-state index contributed by atoms with van der Waals surface area (Å²) in [7, 11) is 0. The standard InChI is InChI=1S/C14H9F3N2O2/c15-14(16,17)10-5-2-1-4-9(10)8-19-12-11(21-13(19)20)6-3-7-18-12/h1-7H,8H2. The van der Waals surface area contributed by atoms with Crippen LogP contribution in [0, 0.1) is 0 Å². The van der Waals surface area contributed by atoms with Crippen molar-refractivity contribution in [2.45, 2.75) is 12.7 Å². The number of hydrogen-bond acceptors (Lipinski definition) is 3. The second-order valence-corrected chi connectivity index (χ2v) is 4.43. The lowest BCUT2D eigenvalue weighted by atomic mass is 10.1. The number of alkyl halides is 3. The van der Waals surface area contributed by atoms with Gasteiger partial charge in [-0.05, 0) is 23.8 Å². The van der Waals surface area contributed by atoms with Gasteiger partial charge in [0.1, 0.15) is 0 Å². The summed E-state index contributed by atoms with van der Waals surface area (Å²) in [5.74, 6) is -0.735. The van der Waals surface area contributed by atoms with Crippen LogP contribution in [-0.2, 0) is 12.7 Å². The molecular weight excluding hydrogens is 285 g/mol. The Bertz CT molecular complexity index is 849. The molecule has 3 aromatic rings. The maximum atomic E-state index is 13.0. The topological polar surface area (TPSA) is 48.0 Å². The normalized spacial score (nSPS) is 12.0. The molecule has 7 heteroatoms. The van der Waals surface area contributed by atoms with Crippen LogP contribution in [0.4, 0.5) is 13.2 Å². The number of oxazole rings is 1. The first-order valence-corrected chi connectivity index (χ1v) is 6.06. The summed E-state index contributed by atoms with van der Waals surface area (Å²) in [6.07, 6.45) is -3.03. The Kier molecular flexibility index (Phi) is 3.04. The van der Waals surface area contributed by atoms with Gasteiger partial charge in [-0.2, -0.15) is 13.2 Å². The van der Waals surface area contributed by atoms with E-state index in [1.54, 1.807) is 6.07 Å². The third kappa shape index (κ3) is 2.42. The molecule has 21 heavy (non-hydrogen) atoms. The number of nitrogens with zero attached hydrogens (tertiary/aromatic N) is 2. The summed E-state index contributed by atoms with van der Waals surface area (Å²) in [5, 5.41) is 0. The first-order chi connectivity index (χ1) is 9.97. The molecule has 0 unspecified atom stereocenters. The molecule has 2 heterocycles. The molecule has 3 rings (SSSR count). The molecule has 1 aromatic carbocycles. The summed E-state index contributed by atoms with van der Waals surface area (Å²) < 4.78 is 44.9. The minimum absolute atomic E-state index is 0.0135. The van der Waals surface area contributed by atoms with Crippen LogP contribution >= 0.6 is 0 Å². The summed E-state index contributed by atoms with van der Waals surface area (Å²) in [4.78, 5) is 15.8. The van der Waals surface area contributed by atoms with Crippen LogP contribution in [0.5, 0.6) is 0 Å². The van der Waals surface area contributed by atoms with Crippen molar-refractivity contribution in [3.63, 3.8) is 0 Å². The number of halogens is 3. The Balaban J connectivity index is 2.12. The van der Waals surface area contributed by atoms with Crippen molar-refractivity contribution in [1.82, 2.24) is 9.55 Å². The summed E-state index contributed by atoms with van der Waals surface area (Å²) in [6, 6.07) is 8.23. The predicted molar refractivity (Wildman–Crippen MR) is 68.8 cm³/mol. The first kappa shape index (κ1) is 13.4. The van der Waals surface area contributed by atoms with Crippen molar-refractivity contribution in [3.8, 4) is 0 Å². The Hall–Kier alpha value is -2.57. The van der Waals surface area contributed by atoms with Gasteiger partial charge in [0.05, 0.1) is 12.1 Å². The van der Waals surface area contributed by atoms with Crippen LogP contribution in [0.25, 0.3) is 11.2 Å². The smallest absolute Gasteiger partial charge is 0.406 e. The highest BCUT2D eigenvalue weighted by molar-refractivity contribution is 5.67. The van der Waals surface area contributed by atoms with E-state index in [2.05, 4.69) is 4.98 Å². The van der Waals surface area contributed by atoms with Crippen LogP contribution in [0.2, 0.25) is 0 Å². The minimum atomic E-state index is -4.48. The molecule has 0 N–H and O–H groups in total. The SMILES string of the molecule is O=c1oc2cccnc2n1Cc1ccccc1C(F)(F)F. The monoisotopic (exact) mass is 294 g/mol. The van der Waals surface area contributed by atoms with Gasteiger partial charge in [0.25, 0.3) is 0 Å². The molecule has 0 saturated heterocycles. The van der Waals surface area contributed by atoms with E-state index in [1.165, 1.54) is 30.5 Å². The van der Waals surface area contributed by atoms with Gasteiger partial charge in [-0.3, -0.25) is 4.57 Å². The lowest BCUT2D eigenvalue weighted by Crippen LogP contribution is -2.18. The van der Waals surface area contributed by atoms with E-state index in [0.717, 1.165) is 10.6 Å². The van der Waals surface area contributed by atoms with Crippen LogP contribution in [0.1, 0.15) is 11.1 Å². The van der Waals surface area contributed by atoms with Crippen molar-refractivity contribution >= 4 is 11.2 Å². The molecule has 0 amide bonds. The molecular formula is C14H9F3N2O2. The van der Waals surface area contributed by atoms with E-state index in [1.807, 2.05) is 0 Å². The van der Waals surface area contributed by atoms with E-state index >= 15 is 0 Å². The molecule has 0 radical (unpaired) electrons. The number of hydrogen-bond donors (Lipinski definition) is 0. The zero-order valence-electron chi connectivity index (χ0n) is 10.6. The minimum Gasteiger partial charge on any atom is -0.406 e. The number of benzene rings is 1. The second kappa shape index (κ2) is 4.76. The molecule has 0 spiro atoms. The second-order valence-electron chi connectivity index (χ2n) is 4.43. The Morgan fingerprint density at radius 2 is 1.90 bits per heavy atom. The largest absolute Gasteiger partial charge is 0.421 e. The molecule has 0 saturated carbocycles. The number of pyridine rings is 1. The fourth-order valence-electron chi connectivity index (χ4n) is 2.14. The number of fused-ring (bicyclic) bond motifs is 1. The Morgan fingerprint density at radius 3 is 2.67 bits per heavy atom. The number of rotatable bonds is 2. The maximum absolute atomic E-state index is 13.0. The Labute approximate surface area is 116 Å². The van der Waals surface area contributed by atoms with Gasteiger partial charge in [-0.25, -0.2) is 9.78 Å². The lowest BCUT2D eigenvalue weighted by molar-refractivity contribution is -0.138. The molecule has 0 aliphatic rings. The van der Waals surface area contributed by atoms with Gasteiger partial charge >= 0.3 is 11.9 Å². The van der Waals surface area contributed by atoms with Crippen molar-refractivity contribution in [3.05, 3.63) is 64.3 Å². The quantitative estimate of drug-likeness (QED) is 0.730. The molecule has 2 aromatic heterocycles. The zero-order valence-corrected chi connectivity index (χ0v) is 10.6. The van der Waals surface area contributed by atoms with Gasteiger partial charge in [0, 0.05) is 6.20 Å². The highest BCUT2D eigenvalue weighted by atomic mass is 19.4. The Morgan fingerprint density at radius 1 is 1.14 bits per heavy atom. The van der Waals surface area contributed by atoms with Gasteiger partial charge < -0.3 is 4.42 Å². The molecule has 0 atom stereocenters. The number of aromatic nitrogens is 2. The average Bonchev–Trinajstić information content (AvgIpc) is 2.75. The fourth-order valence-corrected chi connectivity index (χ4v) is 2.14. The third-order valence-electron chi connectivity index (χ3n) is 3.08. The molecule has 4 nitrogen and oxygen atoms in total. The van der Waals surface area contributed by atoms with E-state index in [-0.39, 0.29) is 23.3 Å². The van der Waals surface area contributed by atoms with Crippen LogP contribution in [-0.4, -0.2) is 9.55 Å². The molecule has 0 aliphatic carbocycles. The van der Waals surface area contributed by atoms with Crippen molar-refractivity contribution < 1.29 is 17.6 Å². The van der Waals surface area contributed by atoms with Crippen molar-refractivity contribution in [1.29, 1.82) is 0 Å². The third-order valence-corrected chi connectivity index (χ3v) is 3.08. The highest BCUT2D eigenvalue weighted by Gasteiger charge is 2.33. The molecule has 108 valence electrons. The maximum Gasteiger partial charge on any atom is 0.421 e. The summed E-state index contributed by atoms with van der Waals surface area (Å²) in [5.41, 5.74) is -0.325. The predicted octanol–water partition coefficient (Wildman–Crippen LogP) is 3.06. The van der Waals surface area contributed by atoms with Gasteiger partial charge in [-0.15, -0.1) is 0 Å². The average molecular weight is 294 g/mol. The van der Waals surface area contributed by atoms with Crippen molar-refractivity contribution in [2.24, 2.45) is 0 Å². The first-order valence-electron chi connectivity index (χ1n) is 6.06. The highest BCUT2D eigenvalue weighted by Crippen LogP contribution is 2.32. The molecule has 0 fully saturated rings. The van der Waals surface area contributed by atoms with E-state index < -0.39 is 17.5 Å². The van der Waals surface area contributed by atoms with Gasteiger partial charge in [-0.1, -0.05) is 18.2 Å². The van der Waals surface area contributed by atoms with Crippen LogP contribution < -0.4 is 5.76 Å². The molecule has 0 aliphatic heterocycles. The van der Waals surface area contributed by atoms with E-state index in [0.29, 0.717) is 0 Å². The van der Waals surface area contributed by atoms with Gasteiger partial charge in [0.2, 0.25) is 0 Å². The lowest BCUT2D eigenvalue weighted by Gasteiger charge is -2.12. The van der Waals surface area contributed by atoms with E-state index in [4.69, 9.17) is 4.42 Å². The zero-order chi connectivity index (χ0) is 15.0. The van der Waals surface area contributed by atoms with Crippen LogP contribution in [0.3, 0.4) is 0 Å². The summed E-state index contributed by atoms with van der Waals surface area (Å²) in [6.45, 7) is -0.251. The summed E-state index contributed by atoms with van der Waals surface area (Å²) >= 11 is 0. The fraction of sp³-hybridized carbons (Fsp3) is 0.143. The van der Waals surface area contributed by atoms with Crippen molar-refractivity contribution in [2.75, 3.05) is 0 Å². The van der Waals surface area contributed by atoms with Gasteiger partial charge in [0.15, 0.2) is 11.2 Å². The molecule has 0 bridgehead atoms.